The summed E-state index contributed by atoms with van der Waals surface area (Å²) < 4.78 is 5.31. The number of ether oxygens (including phenoxy) is 1. The molecule has 4 nitrogen and oxygen atoms in total. The van der Waals surface area contributed by atoms with Crippen molar-refractivity contribution in [1.29, 1.82) is 0 Å². The van der Waals surface area contributed by atoms with Crippen molar-refractivity contribution >= 4 is 17.4 Å². The summed E-state index contributed by atoms with van der Waals surface area (Å²) in [5.41, 5.74) is 3.03. The number of carbonyl (C=O) groups is 2. The Kier molecular flexibility index (Phi) is 4.61. The number of likely N-dealkylation sites (N-methyl/N-ethyl adjacent to an activating group) is 1. The van der Waals surface area contributed by atoms with Crippen LogP contribution in [0.2, 0.25) is 0 Å². The minimum absolute atomic E-state index is 0.154. The van der Waals surface area contributed by atoms with Gasteiger partial charge in [-0.1, -0.05) is 38.5 Å². The number of nitrogens with zero attached hydrogens (tertiary/aromatic N) is 1. The molecule has 3 aliphatic rings. The maximum Gasteiger partial charge on any atom is 0.306 e. The number of carbonyl (C=O) groups excluding carboxylic acids is 2. The highest BCUT2D eigenvalue weighted by Crippen LogP contribution is 2.49. The van der Waals surface area contributed by atoms with Crippen molar-refractivity contribution in [2.24, 2.45) is 17.8 Å². The van der Waals surface area contributed by atoms with Crippen molar-refractivity contribution in [3.63, 3.8) is 0 Å². The zero-order chi connectivity index (χ0) is 19.2. The van der Waals surface area contributed by atoms with Crippen molar-refractivity contribution in [3.05, 3.63) is 41.6 Å². The van der Waals surface area contributed by atoms with Gasteiger partial charge in [0.15, 0.2) is 12.4 Å². The number of ketones is 1. The minimum atomic E-state index is -0.242. The first-order valence-electron chi connectivity index (χ1n) is 10.1. The molecular weight excluding hydrogens is 338 g/mol. The SMILES string of the molecule is CN1C(=CC(=O)COC(=O)C[C@H]2C[C@@H]3CC[C@@H]2C3)C(C)(C)c2ccccc21. The summed E-state index contributed by atoms with van der Waals surface area (Å²) in [5, 5.41) is 0. The number of para-hydroxylation sites is 1. The lowest BCUT2D eigenvalue weighted by atomic mass is 9.83. The van der Waals surface area contributed by atoms with Crippen LogP contribution in [-0.4, -0.2) is 25.4 Å². The van der Waals surface area contributed by atoms with Crippen LogP contribution in [0.15, 0.2) is 36.0 Å². The largest absolute Gasteiger partial charge is 0.457 e. The maximum atomic E-state index is 12.5. The summed E-state index contributed by atoms with van der Waals surface area (Å²) in [6.45, 7) is 4.08. The van der Waals surface area contributed by atoms with E-state index in [1.807, 2.05) is 19.2 Å². The minimum Gasteiger partial charge on any atom is -0.457 e. The van der Waals surface area contributed by atoms with Crippen molar-refractivity contribution < 1.29 is 14.3 Å². The number of hydrogen-bond donors (Lipinski definition) is 0. The summed E-state index contributed by atoms with van der Waals surface area (Å²) in [4.78, 5) is 26.7. The van der Waals surface area contributed by atoms with Gasteiger partial charge < -0.3 is 9.64 Å². The Hall–Kier alpha value is -2.10. The second-order valence-corrected chi connectivity index (χ2v) is 9.00. The fraction of sp³-hybridized carbons (Fsp3) is 0.565. The average Bonchev–Trinajstić information content (AvgIpc) is 3.30. The summed E-state index contributed by atoms with van der Waals surface area (Å²) in [6.07, 6.45) is 7.15. The average molecular weight is 367 g/mol. The van der Waals surface area contributed by atoms with Crippen molar-refractivity contribution in [3.8, 4) is 0 Å². The van der Waals surface area contributed by atoms with E-state index in [2.05, 4.69) is 30.9 Å². The number of rotatable bonds is 5. The van der Waals surface area contributed by atoms with Crippen LogP contribution < -0.4 is 4.90 Å². The van der Waals surface area contributed by atoms with Gasteiger partial charge in [-0.3, -0.25) is 9.59 Å². The van der Waals surface area contributed by atoms with E-state index in [-0.39, 0.29) is 23.8 Å². The third-order valence-electron chi connectivity index (χ3n) is 6.93. The number of anilines is 1. The van der Waals surface area contributed by atoms with Crippen molar-refractivity contribution in [2.75, 3.05) is 18.6 Å². The lowest BCUT2D eigenvalue weighted by Crippen LogP contribution is -2.25. The van der Waals surface area contributed by atoms with E-state index in [1.165, 1.54) is 24.8 Å². The van der Waals surface area contributed by atoms with E-state index in [4.69, 9.17) is 4.74 Å². The monoisotopic (exact) mass is 367 g/mol. The molecule has 144 valence electrons. The Morgan fingerprint density at radius 2 is 2.00 bits per heavy atom. The smallest absolute Gasteiger partial charge is 0.306 e. The molecule has 2 aliphatic carbocycles. The lowest BCUT2D eigenvalue weighted by molar-refractivity contribution is -0.148. The first-order chi connectivity index (χ1) is 12.9. The van der Waals surface area contributed by atoms with Gasteiger partial charge in [-0.15, -0.1) is 0 Å². The first kappa shape index (κ1) is 18.3. The molecule has 4 heteroatoms. The molecule has 0 spiro atoms. The molecule has 2 bridgehead atoms. The molecule has 2 saturated carbocycles. The number of benzene rings is 1. The Labute approximate surface area is 161 Å². The second-order valence-electron chi connectivity index (χ2n) is 9.00. The fourth-order valence-electron chi connectivity index (χ4n) is 5.50. The van der Waals surface area contributed by atoms with Gasteiger partial charge in [0.05, 0.1) is 0 Å². The molecule has 27 heavy (non-hydrogen) atoms. The summed E-state index contributed by atoms with van der Waals surface area (Å²) in [6, 6.07) is 8.20. The van der Waals surface area contributed by atoms with E-state index in [9.17, 15) is 9.59 Å². The molecule has 0 unspecified atom stereocenters. The standard InChI is InChI=1S/C23H29NO3/c1-23(2)19-6-4-5-7-20(19)24(3)21(23)13-18(25)14-27-22(26)12-17-11-15-8-9-16(17)10-15/h4-7,13,15-17H,8-12,14H2,1-3H3/t15-,16-,17-/m1/s1. The predicted molar refractivity (Wildman–Crippen MR) is 105 cm³/mol. The molecule has 0 N–H and O–H groups in total. The quantitative estimate of drug-likeness (QED) is 0.577. The molecule has 3 atom stereocenters. The van der Waals surface area contributed by atoms with Gasteiger partial charge in [0, 0.05) is 36.3 Å². The van der Waals surface area contributed by atoms with Crippen LogP contribution in [0, 0.1) is 17.8 Å². The van der Waals surface area contributed by atoms with Gasteiger partial charge in [-0.2, -0.15) is 0 Å². The normalized spacial score (nSPS) is 29.2. The highest BCUT2D eigenvalue weighted by atomic mass is 16.5. The van der Waals surface area contributed by atoms with Crippen LogP contribution in [-0.2, 0) is 19.7 Å². The Balaban J connectivity index is 1.36. The van der Waals surface area contributed by atoms with Gasteiger partial charge in [0.2, 0.25) is 0 Å². The molecule has 0 radical (unpaired) electrons. The Morgan fingerprint density at radius 1 is 1.22 bits per heavy atom. The maximum absolute atomic E-state index is 12.5. The van der Waals surface area contributed by atoms with Crippen LogP contribution in [0.25, 0.3) is 0 Å². The van der Waals surface area contributed by atoms with Crippen molar-refractivity contribution in [1.82, 2.24) is 0 Å². The fourth-order valence-corrected chi connectivity index (χ4v) is 5.50. The van der Waals surface area contributed by atoms with E-state index in [1.54, 1.807) is 6.08 Å². The second kappa shape index (κ2) is 6.81. The summed E-state index contributed by atoms with van der Waals surface area (Å²) in [7, 11) is 1.98. The highest BCUT2D eigenvalue weighted by molar-refractivity contribution is 5.94. The van der Waals surface area contributed by atoms with Gasteiger partial charge in [0.1, 0.15) is 0 Å². The van der Waals surface area contributed by atoms with Crippen molar-refractivity contribution in [2.45, 2.75) is 51.4 Å². The number of fused-ring (bicyclic) bond motifs is 3. The van der Waals surface area contributed by atoms with Crippen LogP contribution in [0.5, 0.6) is 0 Å². The van der Waals surface area contributed by atoms with Gasteiger partial charge in [-0.05, 0) is 48.6 Å². The molecule has 1 aliphatic heterocycles. The molecule has 1 heterocycles. The number of esters is 1. The van der Waals surface area contributed by atoms with Crippen LogP contribution in [0.3, 0.4) is 0 Å². The summed E-state index contributed by atoms with van der Waals surface area (Å²) >= 11 is 0. The lowest BCUT2D eigenvalue weighted by Gasteiger charge is -2.24. The molecule has 0 saturated heterocycles. The zero-order valence-electron chi connectivity index (χ0n) is 16.5. The molecule has 1 aromatic rings. The topological polar surface area (TPSA) is 46.6 Å². The van der Waals surface area contributed by atoms with Gasteiger partial charge in [0.25, 0.3) is 0 Å². The highest BCUT2D eigenvalue weighted by Gasteiger charge is 2.41. The van der Waals surface area contributed by atoms with E-state index in [0.29, 0.717) is 18.3 Å². The van der Waals surface area contributed by atoms with E-state index in [0.717, 1.165) is 23.7 Å². The molecule has 2 fully saturated rings. The Morgan fingerprint density at radius 3 is 2.67 bits per heavy atom. The summed E-state index contributed by atoms with van der Waals surface area (Å²) in [5.74, 6) is 1.62. The first-order valence-corrected chi connectivity index (χ1v) is 10.1. The molecule has 4 rings (SSSR count). The van der Waals surface area contributed by atoms with Gasteiger partial charge in [-0.25, -0.2) is 0 Å². The molecular formula is C23H29NO3. The third-order valence-corrected chi connectivity index (χ3v) is 6.93. The van der Waals surface area contributed by atoms with Gasteiger partial charge >= 0.3 is 5.97 Å². The van der Waals surface area contributed by atoms with E-state index >= 15 is 0 Å². The van der Waals surface area contributed by atoms with Crippen LogP contribution >= 0.6 is 0 Å². The molecule has 0 amide bonds. The molecule has 0 aromatic heterocycles. The number of allylic oxidation sites excluding steroid dienone is 1. The number of hydrogen-bond acceptors (Lipinski definition) is 4. The third kappa shape index (κ3) is 3.30. The Bertz CT molecular complexity index is 795. The van der Waals surface area contributed by atoms with Crippen LogP contribution in [0.4, 0.5) is 5.69 Å². The molecule has 1 aromatic carbocycles. The zero-order valence-corrected chi connectivity index (χ0v) is 16.5. The van der Waals surface area contributed by atoms with E-state index < -0.39 is 0 Å². The predicted octanol–water partition coefficient (Wildman–Crippen LogP) is 4.24. The van der Waals surface area contributed by atoms with Crippen LogP contribution in [0.1, 0.15) is 51.5 Å².